The fraction of sp³-hybridized carbons (Fsp3) is 0.238. The minimum absolute atomic E-state index is 0.291. The van der Waals surface area contributed by atoms with Gasteiger partial charge in [-0.3, -0.25) is 10.2 Å². The van der Waals surface area contributed by atoms with Crippen molar-refractivity contribution in [2.75, 3.05) is 17.3 Å². The Bertz CT molecular complexity index is 1100. The molecular weight excluding hydrogens is 439 g/mol. The number of nitrogens with one attached hydrogen (secondary N) is 2. The third kappa shape index (κ3) is 5.46. The molecule has 1 aliphatic carbocycles. The number of aromatic nitrogens is 1. The molecule has 3 aromatic rings. The Morgan fingerprint density at radius 3 is 2.81 bits per heavy atom. The molecule has 1 heterocycles. The number of benzene rings is 2. The maximum Gasteiger partial charge on any atom is 0.327 e. The minimum atomic E-state index is -1.32. The smallest absolute Gasteiger partial charge is 0.327 e. The number of urea groups is 1. The molecule has 0 aliphatic heterocycles. The van der Waals surface area contributed by atoms with Crippen LogP contribution in [-0.4, -0.2) is 28.3 Å². The fourth-order valence-electron chi connectivity index (χ4n) is 2.86. The fourth-order valence-corrected chi connectivity index (χ4v) is 4.64. The maximum absolute atomic E-state index is 13.3. The predicted molar refractivity (Wildman–Crippen MR) is 120 cm³/mol. The van der Waals surface area contributed by atoms with Gasteiger partial charge < -0.3 is 4.74 Å². The zero-order valence-electron chi connectivity index (χ0n) is 16.7. The number of hydrogen-bond acceptors (Lipinski definition) is 5. The summed E-state index contributed by atoms with van der Waals surface area (Å²) < 4.78 is 34.4. The van der Waals surface area contributed by atoms with E-state index in [1.54, 1.807) is 43.4 Å². The van der Waals surface area contributed by atoms with Gasteiger partial charge in [-0.2, -0.15) is 0 Å². The van der Waals surface area contributed by atoms with Crippen LogP contribution in [0.2, 0.25) is 0 Å². The molecule has 1 aliphatic rings. The molecule has 0 bridgehead atoms. The number of carbonyl (C=O) groups excluding carboxylic acids is 1. The number of nitrogens with zero attached hydrogens (tertiary/aromatic N) is 2. The average molecular weight is 461 g/mol. The SMILES string of the molecule is CN(C(=O)Nc1ncc(Oc2cccc(F)c2)s1)c1cccc(S(=O)NC2CCC2)c1. The van der Waals surface area contributed by atoms with Gasteiger partial charge in [-0.05, 0) is 43.2 Å². The summed E-state index contributed by atoms with van der Waals surface area (Å²) >= 11 is 1.13. The van der Waals surface area contributed by atoms with Crippen LogP contribution in [-0.2, 0) is 11.0 Å². The zero-order chi connectivity index (χ0) is 21.8. The summed E-state index contributed by atoms with van der Waals surface area (Å²) in [6.07, 6.45) is 4.68. The highest BCUT2D eigenvalue weighted by Crippen LogP contribution is 2.31. The molecule has 2 aromatic carbocycles. The van der Waals surface area contributed by atoms with E-state index in [2.05, 4.69) is 15.0 Å². The van der Waals surface area contributed by atoms with Crippen LogP contribution in [0.3, 0.4) is 0 Å². The van der Waals surface area contributed by atoms with E-state index >= 15 is 0 Å². The molecule has 31 heavy (non-hydrogen) atoms. The number of rotatable bonds is 7. The van der Waals surface area contributed by atoms with Gasteiger partial charge in [-0.1, -0.05) is 29.9 Å². The third-order valence-corrected chi connectivity index (χ3v) is 6.84. The van der Waals surface area contributed by atoms with Crippen molar-refractivity contribution in [2.45, 2.75) is 30.2 Å². The lowest BCUT2D eigenvalue weighted by molar-refractivity contribution is 0.258. The highest BCUT2D eigenvalue weighted by Gasteiger charge is 2.20. The second-order valence-corrected chi connectivity index (χ2v) is 9.28. The van der Waals surface area contributed by atoms with Crippen LogP contribution in [0, 0.1) is 5.82 Å². The van der Waals surface area contributed by atoms with E-state index in [0.29, 0.717) is 32.6 Å². The molecule has 162 valence electrons. The third-order valence-electron chi connectivity index (χ3n) is 4.82. The summed E-state index contributed by atoms with van der Waals surface area (Å²) in [5.41, 5.74) is 0.603. The van der Waals surface area contributed by atoms with Crippen molar-refractivity contribution in [2.24, 2.45) is 0 Å². The highest BCUT2D eigenvalue weighted by molar-refractivity contribution is 7.83. The van der Waals surface area contributed by atoms with Gasteiger partial charge in [0, 0.05) is 24.8 Å². The van der Waals surface area contributed by atoms with E-state index in [-0.39, 0.29) is 0 Å². The van der Waals surface area contributed by atoms with Crippen LogP contribution in [0.25, 0.3) is 0 Å². The van der Waals surface area contributed by atoms with Gasteiger partial charge in [0.15, 0.2) is 5.13 Å². The molecule has 1 unspecified atom stereocenters. The highest BCUT2D eigenvalue weighted by atomic mass is 32.2. The summed E-state index contributed by atoms with van der Waals surface area (Å²) in [6, 6.07) is 12.7. The van der Waals surface area contributed by atoms with Crippen molar-refractivity contribution < 1.29 is 18.1 Å². The molecule has 1 saturated carbocycles. The second kappa shape index (κ2) is 9.54. The van der Waals surface area contributed by atoms with Crippen LogP contribution < -0.4 is 19.7 Å². The predicted octanol–water partition coefficient (Wildman–Crippen LogP) is 4.91. The summed E-state index contributed by atoms with van der Waals surface area (Å²) in [6.45, 7) is 0. The molecule has 2 amide bonds. The number of ether oxygens (including phenoxy) is 1. The molecule has 0 radical (unpaired) electrons. The number of carbonyl (C=O) groups is 1. The lowest BCUT2D eigenvalue weighted by Gasteiger charge is -2.26. The Kier molecular flexibility index (Phi) is 6.59. The van der Waals surface area contributed by atoms with Crippen LogP contribution in [0.4, 0.5) is 20.0 Å². The van der Waals surface area contributed by atoms with Crippen molar-refractivity contribution >= 4 is 39.2 Å². The Balaban J connectivity index is 1.38. The summed E-state index contributed by atoms with van der Waals surface area (Å²) in [5, 5.41) is 3.47. The number of hydrogen-bond donors (Lipinski definition) is 2. The van der Waals surface area contributed by atoms with E-state index < -0.39 is 22.8 Å². The first-order valence-corrected chi connectivity index (χ1v) is 11.7. The zero-order valence-corrected chi connectivity index (χ0v) is 18.3. The van der Waals surface area contributed by atoms with E-state index in [1.807, 2.05) is 0 Å². The van der Waals surface area contributed by atoms with Gasteiger partial charge >= 0.3 is 6.03 Å². The Morgan fingerprint density at radius 2 is 2.06 bits per heavy atom. The number of halogens is 1. The van der Waals surface area contributed by atoms with Gasteiger partial charge in [0.1, 0.15) is 22.6 Å². The molecule has 2 N–H and O–H groups in total. The molecule has 10 heteroatoms. The Labute approximate surface area is 185 Å². The lowest BCUT2D eigenvalue weighted by atomic mass is 9.94. The Morgan fingerprint density at radius 1 is 1.26 bits per heavy atom. The lowest BCUT2D eigenvalue weighted by Crippen LogP contribution is -2.36. The normalized spacial score (nSPS) is 14.5. The van der Waals surface area contributed by atoms with E-state index in [0.717, 1.165) is 30.6 Å². The average Bonchev–Trinajstić information content (AvgIpc) is 3.16. The van der Waals surface area contributed by atoms with Crippen molar-refractivity contribution in [3.05, 3.63) is 60.5 Å². The molecule has 1 fully saturated rings. The molecule has 7 nitrogen and oxygen atoms in total. The van der Waals surface area contributed by atoms with Crippen LogP contribution >= 0.6 is 11.3 Å². The van der Waals surface area contributed by atoms with E-state index in [1.165, 1.54) is 23.2 Å². The van der Waals surface area contributed by atoms with E-state index in [4.69, 9.17) is 4.74 Å². The van der Waals surface area contributed by atoms with Crippen molar-refractivity contribution in [1.29, 1.82) is 0 Å². The first kappa shape index (κ1) is 21.4. The first-order chi connectivity index (χ1) is 15.0. The molecular formula is C21H21FN4O3S2. The minimum Gasteiger partial charge on any atom is -0.445 e. The summed E-state index contributed by atoms with van der Waals surface area (Å²) in [4.78, 5) is 18.8. The van der Waals surface area contributed by atoms with Gasteiger partial charge in [0.2, 0.25) is 5.06 Å². The van der Waals surface area contributed by atoms with Crippen LogP contribution in [0.15, 0.2) is 59.6 Å². The molecule has 0 saturated heterocycles. The van der Waals surface area contributed by atoms with Crippen molar-refractivity contribution in [3.8, 4) is 10.8 Å². The quantitative estimate of drug-likeness (QED) is 0.525. The van der Waals surface area contributed by atoms with Crippen LogP contribution in [0.1, 0.15) is 19.3 Å². The van der Waals surface area contributed by atoms with Gasteiger partial charge in [-0.25, -0.2) is 23.1 Å². The van der Waals surface area contributed by atoms with Crippen molar-refractivity contribution in [3.63, 3.8) is 0 Å². The summed E-state index contributed by atoms with van der Waals surface area (Å²) in [5.74, 6) is -0.0535. The molecule has 1 aromatic heterocycles. The largest absolute Gasteiger partial charge is 0.445 e. The van der Waals surface area contributed by atoms with Gasteiger partial charge in [0.05, 0.1) is 11.1 Å². The Hall–Kier alpha value is -2.82. The number of anilines is 2. The first-order valence-electron chi connectivity index (χ1n) is 9.70. The van der Waals surface area contributed by atoms with Gasteiger partial charge in [0.25, 0.3) is 0 Å². The number of thiazole rings is 1. The maximum atomic E-state index is 13.3. The van der Waals surface area contributed by atoms with Gasteiger partial charge in [-0.15, -0.1) is 0 Å². The standard InChI is InChI=1S/C21H21FN4O3S2/c1-26(16-8-4-10-18(12-16)31(28)25-15-6-3-7-15)21(27)24-20-23-13-19(30-20)29-17-9-2-5-14(22)11-17/h2,4-5,8-13,15,25H,3,6-7H2,1H3,(H,23,24,27). The molecule has 0 spiro atoms. The van der Waals surface area contributed by atoms with E-state index in [9.17, 15) is 13.4 Å². The number of amides is 2. The van der Waals surface area contributed by atoms with Crippen molar-refractivity contribution in [1.82, 2.24) is 9.71 Å². The van der Waals surface area contributed by atoms with Crippen LogP contribution in [0.5, 0.6) is 10.8 Å². The molecule has 4 rings (SSSR count). The topological polar surface area (TPSA) is 83.6 Å². The summed E-state index contributed by atoms with van der Waals surface area (Å²) in [7, 11) is 0.300. The second-order valence-electron chi connectivity index (χ2n) is 7.04. The monoisotopic (exact) mass is 460 g/mol. The molecule has 1 atom stereocenters.